The highest BCUT2D eigenvalue weighted by Crippen LogP contribution is 2.26. The second kappa shape index (κ2) is 11.5. The fourth-order valence-corrected chi connectivity index (χ4v) is 4.78. The highest BCUT2D eigenvalue weighted by Gasteiger charge is 2.23. The fraction of sp³-hybridized carbons (Fsp3) is 0.520. The molecule has 2 atom stereocenters. The topological polar surface area (TPSA) is 70.7 Å². The van der Waals surface area contributed by atoms with Crippen LogP contribution in [-0.4, -0.2) is 48.7 Å². The molecule has 0 saturated carbocycles. The summed E-state index contributed by atoms with van der Waals surface area (Å²) < 4.78 is 5.32. The maximum Gasteiger partial charge on any atom is 0.407 e. The molecule has 0 aliphatic carbocycles. The average molecular weight is 458 g/mol. The molecule has 0 bridgehead atoms. The van der Waals surface area contributed by atoms with Gasteiger partial charge in [-0.05, 0) is 63.1 Å². The molecule has 2 heterocycles. The number of benzene rings is 1. The van der Waals surface area contributed by atoms with Crippen molar-refractivity contribution < 1.29 is 14.3 Å². The molecular weight excluding hydrogens is 422 g/mol. The number of nitrogens with zero attached hydrogens (tertiary/aromatic N) is 1. The van der Waals surface area contributed by atoms with Crippen molar-refractivity contribution in [3.8, 4) is 0 Å². The van der Waals surface area contributed by atoms with E-state index < -0.39 is 5.60 Å². The third-order valence-corrected chi connectivity index (χ3v) is 6.40. The molecule has 2 unspecified atom stereocenters. The number of ether oxygens (including phenoxy) is 1. The van der Waals surface area contributed by atoms with Gasteiger partial charge in [-0.15, -0.1) is 11.3 Å². The van der Waals surface area contributed by atoms with Gasteiger partial charge in [-0.1, -0.05) is 36.4 Å². The lowest BCUT2D eigenvalue weighted by Crippen LogP contribution is -2.43. The van der Waals surface area contributed by atoms with Crippen molar-refractivity contribution in [2.24, 2.45) is 5.92 Å². The third kappa shape index (κ3) is 7.95. The van der Waals surface area contributed by atoms with Crippen LogP contribution in [-0.2, 0) is 9.53 Å². The van der Waals surface area contributed by atoms with Crippen LogP contribution in [0.2, 0.25) is 0 Å². The Labute approximate surface area is 195 Å². The van der Waals surface area contributed by atoms with Gasteiger partial charge in [0.2, 0.25) is 5.91 Å². The Bertz CT molecular complexity index is 849. The summed E-state index contributed by atoms with van der Waals surface area (Å²) in [5, 5.41) is 8.15. The third-order valence-electron chi connectivity index (χ3n) is 5.46. The van der Waals surface area contributed by atoms with E-state index in [1.807, 2.05) is 50.4 Å². The summed E-state index contributed by atoms with van der Waals surface area (Å²) in [5.74, 6) is 0.434. The molecule has 1 aromatic heterocycles. The summed E-state index contributed by atoms with van der Waals surface area (Å²) in [4.78, 5) is 28.2. The standard InChI is InChI=1S/C25H35N3O3S/c1-25(2,3)31-24(30)26-17-19-9-7-14-28(18-19)15-13-22(29)27-23(21-12-8-16-32-21)20-10-5-4-6-11-20/h4-6,8,10-12,16,19,23H,7,9,13-15,17-18H2,1-3H3,(H,26,30)(H,27,29). The van der Waals surface area contributed by atoms with Crippen LogP contribution in [0, 0.1) is 5.92 Å². The van der Waals surface area contributed by atoms with E-state index in [4.69, 9.17) is 4.74 Å². The zero-order valence-electron chi connectivity index (χ0n) is 19.3. The molecule has 3 rings (SSSR count). The molecule has 1 fully saturated rings. The van der Waals surface area contributed by atoms with Gasteiger partial charge < -0.3 is 20.3 Å². The molecule has 2 aromatic rings. The predicted molar refractivity (Wildman–Crippen MR) is 129 cm³/mol. The van der Waals surface area contributed by atoms with Crippen molar-refractivity contribution >= 4 is 23.3 Å². The van der Waals surface area contributed by atoms with E-state index in [-0.39, 0.29) is 18.0 Å². The lowest BCUT2D eigenvalue weighted by Gasteiger charge is -2.33. The van der Waals surface area contributed by atoms with Gasteiger partial charge in [0.25, 0.3) is 0 Å². The van der Waals surface area contributed by atoms with Crippen molar-refractivity contribution in [2.45, 2.75) is 51.7 Å². The molecule has 1 aliphatic rings. The summed E-state index contributed by atoms with van der Waals surface area (Å²) in [5.41, 5.74) is 0.603. The van der Waals surface area contributed by atoms with Crippen LogP contribution in [0.3, 0.4) is 0 Å². The number of hydrogen-bond acceptors (Lipinski definition) is 5. The first-order valence-electron chi connectivity index (χ1n) is 11.4. The van der Waals surface area contributed by atoms with Crippen LogP contribution < -0.4 is 10.6 Å². The van der Waals surface area contributed by atoms with Gasteiger partial charge in [0, 0.05) is 30.9 Å². The van der Waals surface area contributed by atoms with Gasteiger partial charge in [0.05, 0.1) is 6.04 Å². The van der Waals surface area contributed by atoms with E-state index in [9.17, 15) is 9.59 Å². The molecule has 1 saturated heterocycles. The minimum atomic E-state index is -0.489. The fourth-order valence-electron chi connectivity index (χ4n) is 3.98. The van der Waals surface area contributed by atoms with Crippen LogP contribution >= 0.6 is 11.3 Å². The predicted octanol–water partition coefficient (Wildman–Crippen LogP) is 4.58. The zero-order chi connectivity index (χ0) is 23.0. The molecule has 0 radical (unpaired) electrons. The number of hydrogen-bond donors (Lipinski definition) is 2. The van der Waals surface area contributed by atoms with Crippen LogP contribution in [0.4, 0.5) is 4.79 Å². The summed E-state index contributed by atoms with van der Waals surface area (Å²) in [6, 6.07) is 14.1. The molecule has 6 nitrogen and oxygen atoms in total. The number of piperidine rings is 1. The summed E-state index contributed by atoms with van der Waals surface area (Å²) in [6.07, 6.45) is 2.24. The average Bonchev–Trinajstić information content (AvgIpc) is 3.29. The van der Waals surface area contributed by atoms with Gasteiger partial charge in [0.1, 0.15) is 5.60 Å². The Morgan fingerprint density at radius 3 is 2.66 bits per heavy atom. The highest BCUT2D eigenvalue weighted by atomic mass is 32.1. The first kappa shape index (κ1) is 24.3. The maximum atomic E-state index is 12.8. The SMILES string of the molecule is CC(C)(C)OC(=O)NCC1CCCN(CCC(=O)NC(c2ccccc2)c2cccs2)C1. The molecule has 174 valence electrons. The largest absolute Gasteiger partial charge is 0.444 e. The van der Waals surface area contributed by atoms with Crippen molar-refractivity contribution in [3.63, 3.8) is 0 Å². The molecule has 0 spiro atoms. The van der Waals surface area contributed by atoms with E-state index in [1.54, 1.807) is 11.3 Å². The van der Waals surface area contributed by atoms with E-state index in [2.05, 4.69) is 33.7 Å². The molecule has 32 heavy (non-hydrogen) atoms. The minimum absolute atomic E-state index is 0.0567. The second-order valence-corrected chi connectivity index (χ2v) is 10.3. The van der Waals surface area contributed by atoms with E-state index in [0.29, 0.717) is 18.9 Å². The molecule has 2 N–H and O–H groups in total. The van der Waals surface area contributed by atoms with Gasteiger partial charge >= 0.3 is 6.09 Å². The van der Waals surface area contributed by atoms with Crippen LogP contribution in [0.1, 0.15) is 56.5 Å². The number of carbonyl (C=O) groups is 2. The van der Waals surface area contributed by atoms with Crippen molar-refractivity contribution in [1.82, 2.24) is 15.5 Å². The highest BCUT2D eigenvalue weighted by molar-refractivity contribution is 7.10. The van der Waals surface area contributed by atoms with Crippen LogP contribution in [0.5, 0.6) is 0 Å². The molecule has 1 aromatic carbocycles. The van der Waals surface area contributed by atoms with Gasteiger partial charge in [-0.25, -0.2) is 4.79 Å². The number of rotatable bonds is 8. The zero-order valence-corrected chi connectivity index (χ0v) is 20.1. The summed E-state index contributed by atoms with van der Waals surface area (Å²) in [7, 11) is 0. The lowest BCUT2D eigenvalue weighted by molar-refractivity contribution is -0.122. The lowest BCUT2D eigenvalue weighted by atomic mass is 9.98. The maximum absolute atomic E-state index is 12.8. The van der Waals surface area contributed by atoms with Gasteiger partial charge in [-0.2, -0.15) is 0 Å². The van der Waals surface area contributed by atoms with E-state index in [1.165, 1.54) is 0 Å². The first-order valence-corrected chi connectivity index (χ1v) is 12.2. The summed E-state index contributed by atoms with van der Waals surface area (Å²) in [6.45, 7) is 8.79. The second-order valence-electron chi connectivity index (χ2n) is 9.37. The number of likely N-dealkylation sites (tertiary alicyclic amines) is 1. The van der Waals surface area contributed by atoms with E-state index in [0.717, 1.165) is 42.9 Å². The van der Waals surface area contributed by atoms with Crippen molar-refractivity contribution in [3.05, 3.63) is 58.3 Å². The number of carbonyl (C=O) groups excluding carboxylic acids is 2. The Morgan fingerprint density at radius 2 is 1.97 bits per heavy atom. The Hall–Kier alpha value is -2.38. The quantitative estimate of drug-likeness (QED) is 0.609. The van der Waals surface area contributed by atoms with Crippen LogP contribution in [0.25, 0.3) is 0 Å². The molecule has 1 aliphatic heterocycles. The minimum Gasteiger partial charge on any atom is -0.444 e. The normalized spacial score (nSPS) is 18.0. The molecular formula is C25H35N3O3S. The van der Waals surface area contributed by atoms with Gasteiger partial charge in [-0.3, -0.25) is 4.79 Å². The van der Waals surface area contributed by atoms with E-state index >= 15 is 0 Å². The number of thiophene rings is 1. The molecule has 7 heteroatoms. The Kier molecular flexibility index (Phi) is 8.70. The first-order chi connectivity index (χ1) is 15.3. The van der Waals surface area contributed by atoms with Crippen LogP contribution in [0.15, 0.2) is 47.8 Å². The number of amides is 2. The van der Waals surface area contributed by atoms with Gasteiger partial charge in [0.15, 0.2) is 0 Å². The monoisotopic (exact) mass is 457 g/mol. The summed E-state index contributed by atoms with van der Waals surface area (Å²) >= 11 is 1.66. The number of nitrogens with one attached hydrogen (secondary N) is 2. The molecule has 2 amide bonds. The van der Waals surface area contributed by atoms with Crippen molar-refractivity contribution in [1.29, 1.82) is 0 Å². The van der Waals surface area contributed by atoms with Crippen molar-refractivity contribution in [2.75, 3.05) is 26.2 Å². The smallest absolute Gasteiger partial charge is 0.407 e. The Morgan fingerprint density at radius 1 is 1.19 bits per heavy atom. The number of alkyl carbamates (subject to hydrolysis) is 1. The Balaban J connectivity index is 1.46.